The number of hydrogen-bond acceptors (Lipinski definition) is 3. The standard InChI is InChI=1S/C18H23F2N3O/c19-18(20)12-23(13-18)16(24)15-2-1-5-17(15)6-9-22(11-17)10-14-3-7-21-8-4-14/h3-4,7-8,15H,1-2,5-6,9-13H2/t15-,17-/m1/s1. The zero-order valence-corrected chi connectivity index (χ0v) is 13.8. The van der Waals surface area contributed by atoms with Crippen LogP contribution in [0.25, 0.3) is 0 Å². The van der Waals surface area contributed by atoms with Gasteiger partial charge in [0.1, 0.15) is 0 Å². The van der Waals surface area contributed by atoms with Crippen molar-refractivity contribution in [2.24, 2.45) is 11.3 Å². The molecule has 2 atom stereocenters. The van der Waals surface area contributed by atoms with E-state index in [1.807, 2.05) is 12.1 Å². The maximum Gasteiger partial charge on any atom is 0.282 e. The lowest BCUT2D eigenvalue weighted by atomic mass is 9.76. The fraction of sp³-hybridized carbons (Fsp3) is 0.667. The predicted molar refractivity (Wildman–Crippen MR) is 85.4 cm³/mol. The van der Waals surface area contributed by atoms with E-state index >= 15 is 0 Å². The third kappa shape index (κ3) is 2.81. The van der Waals surface area contributed by atoms with Gasteiger partial charge >= 0.3 is 0 Å². The molecule has 0 aromatic carbocycles. The number of nitrogens with zero attached hydrogens (tertiary/aromatic N) is 3. The molecule has 6 heteroatoms. The van der Waals surface area contributed by atoms with Crippen LogP contribution in [0.4, 0.5) is 8.78 Å². The van der Waals surface area contributed by atoms with E-state index in [1.54, 1.807) is 12.4 Å². The van der Waals surface area contributed by atoms with Crippen molar-refractivity contribution in [1.82, 2.24) is 14.8 Å². The van der Waals surface area contributed by atoms with Crippen LogP contribution in [-0.4, -0.2) is 52.8 Å². The Morgan fingerprint density at radius 1 is 1.21 bits per heavy atom. The molecule has 4 nitrogen and oxygen atoms in total. The van der Waals surface area contributed by atoms with Gasteiger partial charge in [-0.1, -0.05) is 6.42 Å². The van der Waals surface area contributed by atoms with Crippen molar-refractivity contribution in [3.8, 4) is 0 Å². The molecule has 3 fully saturated rings. The van der Waals surface area contributed by atoms with Crippen LogP contribution in [0.15, 0.2) is 24.5 Å². The Balaban J connectivity index is 1.42. The minimum absolute atomic E-state index is 0.00497. The molecule has 24 heavy (non-hydrogen) atoms. The number of halogens is 2. The molecule has 1 amide bonds. The van der Waals surface area contributed by atoms with Gasteiger partial charge in [-0.2, -0.15) is 0 Å². The molecule has 1 aliphatic carbocycles. The Labute approximate surface area is 140 Å². The fourth-order valence-corrected chi connectivity index (χ4v) is 4.77. The summed E-state index contributed by atoms with van der Waals surface area (Å²) in [5.41, 5.74) is 1.22. The molecule has 2 saturated heterocycles. The van der Waals surface area contributed by atoms with Crippen molar-refractivity contribution in [3.63, 3.8) is 0 Å². The van der Waals surface area contributed by atoms with Crippen molar-refractivity contribution in [2.75, 3.05) is 26.2 Å². The number of carbonyl (C=O) groups is 1. The molecule has 0 N–H and O–H groups in total. The molecule has 130 valence electrons. The van der Waals surface area contributed by atoms with E-state index in [4.69, 9.17) is 0 Å². The highest BCUT2D eigenvalue weighted by atomic mass is 19.3. The van der Waals surface area contributed by atoms with Crippen LogP contribution in [0.2, 0.25) is 0 Å². The molecule has 0 radical (unpaired) electrons. The summed E-state index contributed by atoms with van der Waals surface area (Å²) in [7, 11) is 0. The average Bonchev–Trinajstić information content (AvgIpc) is 3.13. The number of carbonyl (C=O) groups excluding carboxylic acids is 1. The van der Waals surface area contributed by atoms with Gasteiger partial charge in [-0.15, -0.1) is 0 Å². The highest BCUT2D eigenvalue weighted by Crippen LogP contribution is 2.51. The van der Waals surface area contributed by atoms with Crippen LogP contribution >= 0.6 is 0 Å². The van der Waals surface area contributed by atoms with Crippen LogP contribution in [0.5, 0.6) is 0 Å². The second-order valence-corrected chi connectivity index (χ2v) is 7.67. The quantitative estimate of drug-likeness (QED) is 0.852. The maximum atomic E-state index is 13.1. The Morgan fingerprint density at radius 3 is 2.67 bits per heavy atom. The summed E-state index contributed by atoms with van der Waals surface area (Å²) in [6.45, 7) is 1.96. The third-order valence-corrected chi connectivity index (χ3v) is 5.98. The van der Waals surface area contributed by atoms with E-state index < -0.39 is 5.92 Å². The first-order valence-electron chi connectivity index (χ1n) is 8.75. The largest absolute Gasteiger partial charge is 0.330 e. The molecule has 0 bridgehead atoms. The number of likely N-dealkylation sites (tertiary alicyclic amines) is 2. The number of aromatic nitrogens is 1. The molecule has 0 unspecified atom stereocenters. The Kier molecular flexibility index (Phi) is 3.82. The maximum absolute atomic E-state index is 13.1. The summed E-state index contributed by atoms with van der Waals surface area (Å²) < 4.78 is 26.2. The predicted octanol–water partition coefficient (Wildman–Crippen LogP) is 2.55. The summed E-state index contributed by atoms with van der Waals surface area (Å²) in [6, 6.07) is 4.04. The first-order valence-corrected chi connectivity index (χ1v) is 8.75. The van der Waals surface area contributed by atoms with Crippen LogP contribution in [-0.2, 0) is 11.3 Å². The lowest BCUT2D eigenvalue weighted by Crippen LogP contribution is -2.60. The molecule has 3 heterocycles. The normalized spacial score (nSPS) is 32.2. The molecule has 1 spiro atoms. The van der Waals surface area contributed by atoms with Gasteiger partial charge < -0.3 is 4.90 Å². The summed E-state index contributed by atoms with van der Waals surface area (Å²) in [4.78, 5) is 20.5. The second-order valence-electron chi connectivity index (χ2n) is 7.67. The Morgan fingerprint density at radius 2 is 1.96 bits per heavy atom. The SMILES string of the molecule is O=C([C@H]1CCC[C@]12CCN(Cc1ccncc1)C2)N1CC(F)(F)C1. The zero-order valence-electron chi connectivity index (χ0n) is 13.8. The molecule has 3 aliphatic rings. The van der Waals surface area contributed by atoms with Gasteiger partial charge in [-0.3, -0.25) is 14.7 Å². The monoisotopic (exact) mass is 335 g/mol. The lowest BCUT2D eigenvalue weighted by Gasteiger charge is -2.42. The van der Waals surface area contributed by atoms with Crippen molar-refractivity contribution < 1.29 is 13.6 Å². The van der Waals surface area contributed by atoms with E-state index in [9.17, 15) is 13.6 Å². The van der Waals surface area contributed by atoms with Gasteiger partial charge in [0, 0.05) is 31.4 Å². The van der Waals surface area contributed by atoms with Crippen LogP contribution in [0.1, 0.15) is 31.2 Å². The highest BCUT2D eigenvalue weighted by molar-refractivity contribution is 5.81. The smallest absolute Gasteiger partial charge is 0.282 e. The minimum atomic E-state index is -2.68. The number of rotatable bonds is 3. The summed E-state index contributed by atoms with van der Waals surface area (Å²) in [5, 5.41) is 0. The Bertz CT molecular complexity index is 616. The Hall–Kier alpha value is -1.56. The summed E-state index contributed by atoms with van der Waals surface area (Å²) >= 11 is 0. The molecular weight excluding hydrogens is 312 g/mol. The molecular formula is C18H23F2N3O. The van der Waals surface area contributed by atoms with E-state index in [2.05, 4.69) is 9.88 Å². The van der Waals surface area contributed by atoms with E-state index in [1.165, 1.54) is 10.5 Å². The van der Waals surface area contributed by atoms with Crippen LogP contribution in [0.3, 0.4) is 0 Å². The zero-order chi connectivity index (χ0) is 16.8. The fourth-order valence-electron chi connectivity index (χ4n) is 4.77. The number of alkyl halides is 2. The van der Waals surface area contributed by atoms with Crippen LogP contribution < -0.4 is 0 Å². The molecule has 1 aromatic heterocycles. The van der Waals surface area contributed by atoms with E-state index in [0.29, 0.717) is 0 Å². The van der Waals surface area contributed by atoms with Crippen molar-refractivity contribution in [1.29, 1.82) is 0 Å². The molecule has 1 aromatic rings. The van der Waals surface area contributed by atoms with Crippen molar-refractivity contribution in [3.05, 3.63) is 30.1 Å². The van der Waals surface area contributed by atoms with Gasteiger partial charge in [-0.05, 0) is 48.9 Å². The van der Waals surface area contributed by atoms with Gasteiger partial charge in [0.15, 0.2) is 0 Å². The van der Waals surface area contributed by atoms with Gasteiger partial charge in [-0.25, -0.2) is 8.78 Å². The van der Waals surface area contributed by atoms with Crippen molar-refractivity contribution >= 4 is 5.91 Å². The number of hydrogen-bond donors (Lipinski definition) is 0. The molecule has 2 aliphatic heterocycles. The number of pyridine rings is 1. The third-order valence-electron chi connectivity index (χ3n) is 5.98. The first-order chi connectivity index (χ1) is 11.5. The lowest BCUT2D eigenvalue weighted by molar-refractivity contribution is -0.172. The van der Waals surface area contributed by atoms with Crippen molar-refractivity contribution in [2.45, 2.75) is 38.2 Å². The van der Waals surface area contributed by atoms with Crippen LogP contribution in [0, 0.1) is 11.3 Å². The van der Waals surface area contributed by atoms with E-state index in [-0.39, 0.29) is 30.3 Å². The topological polar surface area (TPSA) is 36.4 Å². The number of amides is 1. The summed E-state index contributed by atoms with van der Waals surface area (Å²) in [6.07, 6.45) is 7.52. The summed E-state index contributed by atoms with van der Waals surface area (Å²) in [5.74, 6) is -2.79. The minimum Gasteiger partial charge on any atom is -0.330 e. The van der Waals surface area contributed by atoms with Gasteiger partial charge in [0.2, 0.25) is 5.91 Å². The molecule has 4 rings (SSSR count). The van der Waals surface area contributed by atoms with Gasteiger partial charge in [0.25, 0.3) is 5.92 Å². The second kappa shape index (κ2) is 5.76. The first kappa shape index (κ1) is 15.9. The van der Waals surface area contributed by atoms with E-state index in [0.717, 1.165) is 45.3 Å². The molecule has 1 saturated carbocycles. The highest BCUT2D eigenvalue weighted by Gasteiger charge is 2.55. The van der Waals surface area contributed by atoms with Gasteiger partial charge in [0.05, 0.1) is 13.1 Å². The average molecular weight is 335 g/mol.